The molecule has 33 heavy (non-hydrogen) atoms. The number of carbonyl (C=O) groups is 1. The van der Waals surface area contributed by atoms with Crippen LogP contribution in [0.15, 0.2) is 72.9 Å². The van der Waals surface area contributed by atoms with E-state index in [-0.39, 0.29) is 12.5 Å². The highest BCUT2D eigenvalue weighted by Gasteiger charge is 2.19. The summed E-state index contributed by atoms with van der Waals surface area (Å²) >= 11 is 0. The molecular weight excluding hydrogens is 418 g/mol. The fourth-order valence-electron chi connectivity index (χ4n) is 4.19. The van der Waals surface area contributed by atoms with Gasteiger partial charge in [-0.05, 0) is 42.0 Å². The predicted molar refractivity (Wildman–Crippen MR) is 126 cm³/mol. The van der Waals surface area contributed by atoms with Gasteiger partial charge in [-0.15, -0.1) is 0 Å². The summed E-state index contributed by atoms with van der Waals surface area (Å²) in [6.45, 7) is 1.92. The molecule has 2 N–H and O–H groups in total. The van der Waals surface area contributed by atoms with Crippen molar-refractivity contribution in [1.29, 1.82) is 0 Å². The number of nitrogens with zero attached hydrogens (tertiary/aromatic N) is 2. The number of carboxylic acids is 1. The van der Waals surface area contributed by atoms with Crippen LogP contribution in [0.3, 0.4) is 0 Å². The second-order valence-corrected chi connectivity index (χ2v) is 7.99. The summed E-state index contributed by atoms with van der Waals surface area (Å²) in [5, 5.41) is 13.7. The number of carboxylic acid groups (broad SMARTS) is 1. The summed E-state index contributed by atoms with van der Waals surface area (Å²) in [6, 6.07) is 21.3. The van der Waals surface area contributed by atoms with E-state index in [0.29, 0.717) is 19.6 Å². The van der Waals surface area contributed by atoms with Gasteiger partial charge in [-0.25, -0.2) is 4.98 Å². The van der Waals surface area contributed by atoms with Gasteiger partial charge in [-0.2, -0.15) is 0 Å². The molecule has 2 aromatic carbocycles. The molecule has 168 valence electrons. The average molecular weight is 444 g/mol. The Kier molecular flexibility index (Phi) is 5.85. The van der Waals surface area contributed by atoms with Gasteiger partial charge in [0, 0.05) is 29.2 Å². The Morgan fingerprint density at radius 1 is 1.15 bits per heavy atom. The van der Waals surface area contributed by atoms with Gasteiger partial charge in [0.15, 0.2) is 11.6 Å². The van der Waals surface area contributed by atoms with Crippen molar-refractivity contribution in [3.8, 4) is 11.5 Å². The van der Waals surface area contributed by atoms with Crippen LogP contribution in [0.1, 0.15) is 23.7 Å². The number of hydrogen-bond donors (Lipinski definition) is 2. The maximum atomic E-state index is 11.5. The van der Waals surface area contributed by atoms with Crippen molar-refractivity contribution in [2.24, 2.45) is 0 Å². The van der Waals surface area contributed by atoms with Crippen LogP contribution in [-0.2, 0) is 11.2 Å². The molecule has 0 saturated carbocycles. The smallest absolute Gasteiger partial charge is 0.305 e. The molecule has 5 rings (SSSR count). The third kappa shape index (κ3) is 4.62. The Bertz CT molecular complexity index is 1270. The van der Waals surface area contributed by atoms with E-state index in [1.54, 1.807) is 0 Å². The molecule has 0 radical (unpaired) electrons. The van der Waals surface area contributed by atoms with E-state index in [4.69, 9.17) is 9.47 Å². The van der Waals surface area contributed by atoms with Crippen LogP contribution < -0.4 is 14.8 Å². The van der Waals surface area contributed by atoms with Crippen molar-refractivity contribution < 1.29 is 19.4 Å². The first-order valence-corrected chi connectivity index (χ1v) is 11.0. The fourth-order valence-corrected chi connectivity index (χ4v) is 4.19. The quantitative estimate of drug-likeness (QED) is 0.416. The second-order valence-electron chi connectivity index (χ2n) is 7.99. The summed E-state index contributed by atoms with van der Waals surface area (Å²) in [5.41, 5.74) is 2.88. The van der Waals surface area contributed by atoms with Gasteiger partial charge in [0.2, 0.25) is 0 Å². The maximum Gasteiger partial charge on any atom is 0.305 e. The minimum absolute atomic E-state index is 0.0136. The standard InChI is InChI=1S/C26H25N3O4/c30-25(31)17-23(18-4-2-1-3-5-18)29-13-10-19-16-21(7-8-22(19)29)32-14-11-20-6-9-24-26(28-20)27-12-15-33-24/h1-10,13,16,23H,11-12,14-15,17H2,(H,27,28)(H,30,31). The Balaban J connectivity index is 1.30. The van der Waals surface area contributed by atoms with E-state index in [2.05, 4.69) is 10.3 Å². The van der Waals surface area contributed by atoms with Crippen molar-refractivity contribution in [1.82, 2.24) is 9.55 Å². The number of aromatic nitrogens is 2. The van der Waals surface area contributed by atoms with Gasteiger partial charge in [0.1, 0.15) is 12.4 Å². The Labute approximate surface area is 191 Å². The first kappa shape index (κ1) is 20.9. The topological polar surface area (TPSA) is 85.6 Å². The minimum atomic E-state index is -0.830. The molecule has 0 bridgehead atoms. The number of fused-ring (bicyclic) bond motifs is 2. The Morgan fingerprint density at radius 2 is 2.03 bits per heavy atom. The molecule has 1 unspecified atom stereocenters. The number of anilines is 1. The third-order valence-corrected chi connectivity index (χ3v) is 5.77. The molecule has 7 heteroatoms. The number of ether oxygens (including phenoxy) is 2. The van der Waals surface area contributed by atoms with Crippen LogP contribution in [0, 0.1) is 0 Å². The summed E-state index contributed by atoms with van der Waals surface area (Å²) < 4.78 is 13.6. The second kappa shape index (κ2) is 9.24. The molecule has 1 atom stereocenters. The van der Waals surface area contributed by atoms with Gasteiger partial charge in [-0.1, -0.05) is 30.3 Å². The maximum absolute atomic E-state index is 11.5. The Morgan fingerprint density at radius 3 is 2.88 bits per heavy atom. The van der Waals surface area contributed by atoms with E-state index in [1.807, 2.05) is 77.5 Å². The van der Waals surface area contributed by atoms with E-state index in [1.165, 1.54) is 0 Å². The Hall–Kier alpha value is -4.00. The van der Waals surface area contributed by atoms with E-state index < -0.39 is 5.97 Å². The molecule has 1 aliphatic rings. The van der Waals surface area contributed by atoms with Crippen molar-refractivity contribution >= 4 is 22.7 Å². The van der Waals surface area contributed by atoms with Crippen LogP contribution >= 0.6 is 0 Å². The summed E-state index contributed by atoms with van der Waals surface area (Å²) in [7, 11) is 0. The van der Waals surface area contributed by atoms with E-state index >= 15 is 0 Å². The summed E-state index contributed by atoms with van der Waals surface area (Å²) in [5.74, 6) is 1.52. The van der Waals surface area contributed by atoms with Crippen LogP contribution in [0.2, 0.25) is 0 Å². The van der Waals surface area contributed by atoms with Gasteiger partial charge in [-0.3, -0.25) is 4.79 Å². The highest BCUT2D eigenvalue weighted by molar-refractivity contribution is 5.82. The van der Waals surface area contributed by atoms with Crippen molar-refractivity contribution in [3.05, 3.63) is 84.2 Å². The molecule has 2 aromatic heterocycles. The predicted octanol–water partition coefficient (Wildman–Crippen LogP) is 4.53. The van der Waals surface area contributed by atoms with E-state index in [9.17, 15) is 9.90 Å². The zero-order valence-corrected chi connectivity index (χ0v) is 18.1. The first-order valence-electron chi connectivity index (χ1n) is 11.0. The number of rotatable bonds is 8. The number of pyridine rings is 1. The van der Waals surface area contributed by atoms with Gasteiger partial charge in [0.05, 0.1) is 25.6 Å². The SMILES string of the molecule is O=C(O)CC(c1ccccc1)n1ccc2cc(OCCc3ccc4c(n3)NCCO4)ccc21. The lowest BCUT2D eigenvalue weighted by Crippen LogP contribution is -2.19. The number of nitrogens with one attached hydrogen (secondary N) is 1. The first-order chi connectivity index (χ1) is 16.2. The highest BCUT2D eigenvalue weighted by atomic mass is 16.5. The van der Waals surface area contributed by atoms with Crippen LogP contribution in [0.25, 0.3) is 10.9 Å². The molecule has 0 saturated heterocycles. The molecule has 7 nitrogen and oxygen atoms in total. The normalized spacial score (nSPS) is 13.6. The van der Waals surface area contributed by atoms with Crippen molar-refractivity contribution in [3.63, 3.8) is 0 Å². The molecule has 0 amide bonds. The van der Waals surface area contributed by atoms with E-state index in [0.717, 1.165) is 46.0 Å². The van der Waals surface area contributed by atoms with Gasteiger partial charge >= 0.3 is 5.97 Å². The molecular formula is C26H25N3O4. The van der Waals surface area contributed by atoms with Crippen LogP contribution in [0.4, 0.5) is 5.82 Å². The number of benzene rings is 2. The third-order valence-electron chi connectivity index (χ3n) is 5.77. The highest BCUT2D eigenvalue weighted by Crippen LogP contribution is 2.30. The number of aliphatic carboxylic acids is 1. The van der Waals surface area contributed by atoms with Gasteiger partial charge in [0.25, 0.3) is 0 Å². The molecule has 0 aliphatic carbocycles. The lowest BCUT2D eigenvalue weighted by Gasteiger charge is -2.19. The molecule has 1 aliphatic heterocycles. The average Bonchev–Trinajstić information content (AvgIpc) is 3.26. The molecule has 0 fully saturated rings. The summed E-state index contributed by atoms with van der Waals surface area (Å²) in [6.07, 6.45) is 2.64. The van der Waals surface area contributed by atoms with Gasteiger partial charge < -0.3 is 24.5 Å². The largest absolute Gasteiger partial charge is 0.493 e. The monoisotopic (exact) mass is 443 g/mol. The molecule has 0 spiro atoms. The number of hydrogen-bond acceptors (Lipinski definition) is 5. The molecule has 4 aromatic rings. The van der Waals surface area contributed by atoms with Crippen molar-refractivity contribution in [2.75, 3.05) is 25.1 Å². The minimum Gasteiger partial charge on any atom is -0.493 e. The lowest BCUT2D eigenvalue weighted by molar-refractivity contribution is -0.137. The zero-order valence-electron chi connectivity index (χ0n) is 18.1. The fraction of sp³-hybridized carbons (Fsp3) is 0.231. The van der Waals surface area contributed by atoms with Crippen LogP contribution in [-0.4, -0.2) is 40.4 Å². The lowest BCUT2D eigenvalue weighted by atomic mass is 10.0. The molecule has 3 heterocycles. The van der Waals surface area contributed by atoms with Crippen molar-refractivity contribution in [2.45, 2.75) is 18.9 Å². The summed E-state index contributed by atoms with van der Waals surface area (Å²) in [4.78, 5) is 16.1. The zero-order chi connectivity index (χ0) is 22.6. The van der Waals surface area contributed by atoms with Crippen LogP contribution in [0.5, 0.6) is 11.5 Å².